The van der Waals surface area contributed by atoms with Crippen LogP contribution in [0.2, 0.25) is 0 Å². The van der Waals surface area contributed by atoms with Crippen LogP contribution in [-0.2, 0) is 13.0 Å². The Bertz CT molecular complexity index is 988. The van der Waals surface area contributed by atoms with E-state index in [0.29, 0.717) is 24.6 Å². The third kappa shape index (κ3) is 3.74. The van der Waals surface area contributed by atoms with Crippen molar-refractivity contribution in [1.82, 2.24) is 4.90 Å². The highest BCUT2D eigenvalue weighted by atomic mass is 16.5. The molecule has 1 saturated carbocycles. The largest absolute Gasteiger partial charge is 0.492 e. The molecule has 0 N–H and O–H groups in total. The van der Waals surface area contributed by atoms with Gasteiger partial charge in [0.25, 0.3) is 5.91 Å². The fourth-order valence-electron chi connectivity index (χ4n) is 4.93. The maximum Gasteiger partial charge on any atom is 0.258 e. The summed E-state index contributed by atoms with van der Waals surface area (Å²) in [4.78, 5) is 15.7. The normalized spacial score (nSPS) is 20.4. The van der Waals surface area contributed by atoms with E-state index >= 15 is 0 Å². The maximum absolute atomic E-state index is 13.7. The SMILES string of the molecule is O=C(c1cccc2c1OCC2)N(Cc1ccoc1)C1CCC(c2ccccc2)CC1. The van der Waals surface area contributed by atoms with Crippen LogP contribution in [0.3, 0.4) is 0 Å². The quantitative estimate of drug-likeness (QED) is 0.560. The number of amides is 1. The molecule has 154 valence electrons. The zero-order valence-electron chi connectivity index (χ0n) is 17.1. The summed E-state index contributed by atoms with van der Waals surface area (Å²) in [6.07, 6.45) is 8.52. The third-order valence-corrected chi connectivity index (χ3v) is 6.55. The van der Waals surface area contributed by atoms with Gasteiger partial charge < -0.3 is 14.1 Å². The molecule has 0 radical (unpaired) electrons. The monoisotopic (exact) mass is 401 g/mol. The molecule has 0 unspecified atom stereocenters. The van der Waals surface area contributed by atoms with Crippen LogP contribution < -0.4 is 4.74 Å². The van der Waals surface area contributed by atoms with Crippen molar-refractivity contribution < 1.29 is 13.9 Å². The minimum atomic E-state index is 0.0677. The lowest BCUT2D eigenvalue weighted by molar-refractivity contribution is 0.0602. The first-order valence-electron chi connectivity index (χ1n) is 10.9. The van der Waals surface area contributed by atoms with Crippen LogP contribution in [0.4, 0.5) is 0 Å². The second-order valence-corrected chi connectivity index (χ2v) is 8.37. The fourth-order valence-corrected chi connectivity index (χ4v) is 4.93. The van der Waals surface area contributed by atoms with Crippen LogP contribution in [0.25, 0.3) is 0 Å². The van der Waals surface area contributed by atoms with E-state index < -0.39 is 0 Å². The molecule has 0 spiro atoms. The minimum absolute atomic E-state index is 0.0677. The van der Waals surface area contributed by atoms with Gasteiger partial charge in [0, 0.05) is 24.6 Å². The molecule has 5 rings (SSSR count). The molecule has 3 aromatic rings. The molecule has 0 atom stereocenters. The van der Waals surface area contributed by atoms with E-state index in [2.05, 4.69) is 36.4 Å². The number of hydrogen-bond acceptors (Lipinski definition) is 3. The van der Waals surface area contributed by atoms with E-state index in [9.17, 15) is 4.79 Å². The molecule has 2 aliphatic rings. The van der Waals surface area contributed by atoms with E-state index in [0.717, 1.165) is 49.0 Å². The standard InChI is InChI=1S/C26H27NO3/c28-26(24-8-4-7-22-14-16-30-25(22)24)27(17-19-13-15-29-18-19)23-11-9-21(10-12-23)20-5-2-1-3-6-20/h1-8,13,15,18,21,23H,9-12,14,16-17H2. The second-order valence-electron chi connectivity index (χ2n) is 8.37. The molecular weight excluding hydrogens is 374 g/mol. The van der Waals surface area contributed by atoms with Gasteiger partial charge in [0.15, 0.2) is 0 Å². The Hall–Kier alpha value is -3.01. The first-order chi connectivity index (χ1) is 14.8. The van der Waals surface area contributed by atoms with Crippen molar-refractivity contribution in [2.45, 2.75) is 50.6 Å². The highest BCUT2D eigenvalue weighted by molar-refractivity contribution is 5.97. The van der Waals surface area contributed by atoms with Crippen LogP contribution in [0.5, 0.6) is 5.75 Å². The van der Waals surface area contributed by atoms with Gasteiger partial charge in [0.1, 0.15) is 5.75 Å². The zero-order chi connectivity index (χ0) is 20.3. The summed E-state index contributed by atoms with van der Waals surface area (Å²) in [5.41, 5.74) is 4.27. The lowest BCUT2D eigenvalue weighted by Crippen LogP contribution is -2.41. The molecule has 4 heteroatoms. The molecule has 0 bridgehead atoms. The van der Waals surface area contributed by atoms with E-state index in [1.54, 1.807) is 12.5 Å². The van der Waals surface area contributed by atoms with Crippen molar-refractivity contribution in [1.29, 1.82) is 0 Å². The first-order valence-corrected chi connectivity index (χ1v) is 10.9. The van der Waals surface area contributed by atoms with Gasteiger partial charge in [-0.25, -0.2) is 0 Å². The van der Waals surface area contributed by atoms with E-state index in [1.165, 1.54) is 5.56 Å². The van der Waals surface area contributed by atoms with Crippen molar-refractivity contribution in [3.63, 3.8) is 0 Å². The number of furan rings is 1. The molecule has 4 nitrogen and oxygen atoms in total. The summed E-state index contributed by atoms with van der Waals surface area (Å²) in [6, 6.07) is 18.9. The lowest BCUT2D eigenvalue weighted by atomic mass is 9.81. The predicted octanol–water partition coefficient (Wildman–Crippen LogP) is 5.58. The summed E-state index contributed by atoms with van der Waals surface area (Å²) in [5, 5.41) is 0. The number of benzene rings is 2. The third-order valence-electron chi connectivity index (χ3n) is 6.55. The maximum atomic E-state index is 13.7. The highest BCUT2D eigenvalue weighted by Crippen LogP contribution is 2.37. The van der Waals surface area contributed by atoms with Gasteiger partial charge in [-0.3, -0.25) is 4.79 Å². The summed E-state index contributed by atoms with van der Waals surface area (Å²) < 4.78 is 11.1. The number of carbonyl (C=O) groups excluding carboxylic acids is 1. The Kier molecular flexibility index (Phi) is 5.31. The molecule has 30 heavy (non-hydrogen) atoms. The summed E-state index contributed by atoms with van der Waals surface area (Å²) >= 11 is 0. The van der Waals surface area contributed by atoms with Gasteiger partial charge in [0.05, 0.1) is 24.7 Å². The Morgan fingerprint density at radius 1 is 0.967 bits per heavy atom. The van der Waals surface area contributed by atoms with Gasteiger partial charge in [-0.15, -0.1) is 0 Å². The molecule has 2 heterocycles. The Morgan fingerprint density at radius 2 is 1.80 bits per heavy atom. The fraction of sp³-hybridized carbons (Fsp3) is 0.346. The van der Waals surface area contributed by atoms with Crippen LogP contribution in [-0.4, -0.2) is 23.5 Å². The smallest absolute Gasteiger partial charge is 0.258 e. The number of hydrogen-bond donors (Lipinski definition) is 0. The van der Waals surface area contributed by atoms with Crippen molar-refractivity contribution >= 4 is 5.91 Å². The molecule has 0 saturated heterocycles. The number of carbonyl (C=O) groups is 1. The molecule has 1 aliphatic heterocycles. The number of nitrogens with zero attached hydrogens (tertiary/aromatic N) is 1. The summed E-state index contributed by atoms with van der Waals surface area (Å²) in [7, 11) is 0. The average molecular weight is 402 g/mol. The Morgan fingerprint density at radius 3 is 2.57 bits per heavy atom. The average Bonchev–Trinajstić information content (AvgIpc) is 3.49. The van der Waals surface area contributed by atoms with Gasteiger partial charge in [0.2, 0.25) is 0 Å². The van der Waals surface area contributed by atoms with E-state index in [4.69, 9.17) is 9.15 Å². The van der Waals surface area contributed by atoms with Crippen LogP contribution in [0.15, 0.2) is 71.5 Å². The molecule has 2 aromatic carbocycles. The van der Waals surface area contributed by atoms with Gasteiger partial charge in [-0.2, -0.15) is 0 Å². The molecule has 1 amide bonds. The van der Waals surface area contributed by atoms with E-state index in [-0.39, 0.29) is 11.9 Å². The molecule has 1 aliphatic carbocycles. The topological polar surface area (TPSA) is 42.7 Å². The molecule has 1 fully saturated rings. The van der Waals surface area contributed by atoms with Crippen molar-refractivity contribution in [3.8, 4) is 5.75 Å². The van der Waals surface area contributed by atoms with Gasteiger partial charge in [-0.05, 0) is 54.9 Å². The second kappa shape index (κ2) is 8.39. The minimum Gasteiger partial charge on any atom is -0.492 e. The van der Waals surface area contributed by atoms with Gasteiger partial charge in [-0.1, -0.05) is 42.5 Å². The van der Waals surface area contributed by atoms with Gasteiger partial charge >= 0.3 is 0 Å². The van der Waals surface area contributed by atoms with Crippen LogP contribution in [0, 0.1) is 0 Å². The lowest BCUT2D eigenvalue weighted by Gasteiger charge is -2.37. The van der Waals surface area contributed by atoms with Crippen molar-refractivity contribution in [2.24, 2.45) is 0 Å². The summed E-state index contributed by atoms with van der Waals surface area (Å²) in [6.45, 7) is 1.23. The van der Waals surface area contributed by atoms with Crippen LogP contribution in [0.1, 0.15) is 58.6 Å². The number of fused-ring (bicyclic) bond motifs is 1. The van der Waals surface area contributed by atoms with Crippen molar-refractivity contribution in [3.05, 3.63) is 89.4 Å². The van der Waals surface area contributed by atoms with Crippen LogP contribution >= 0.6 is 0 Å². The molecular formula is C26H27NO3. The zero-order valence-corrected chi connectivity index (χ0v) is 17.1. The Balaban J connectivity index is 1.38. The number of rotatable bonds is 5. The Labute approximate surface area is 177 Å². The molecule has 1 aromatic heterocycles. The predicted molar refractivity (Wildman–Crippen MR) is 116 cm³/mol. The number of para-hydroxylation sites is 1. The van der Waals surface area contributed by atoms with E-state index in [1.807, 2.05) is 23.1 Å². The highest BCUT2D eigenvalue weighted by Gasteiger charge is 2.32. The van der Waals surface area contributed by atoms with Crippen molar-refractivity contribution in [2.75, 3.05) is 6.61 Å². The first kappa shape index (κ1) is 19.0. The number of ether oxygens (including phenoxy) is 1. The summed E-state index contributed by atoms with van der Waals surface area (Å²) in [5.74, 6) is 1.42.